The lowest BCUT2D eigenvalue weighted by Gasteiger charge is -2.07. The van der Waals surface area contributed by atoms with Crippen LogP contribution in [0.4, 0.5) is 17.6 Å². The van der Waals surface area contributed by atoms with Crippen LogP contribution in [0.3, 0.4) is 0 Å². The van der Waals surface area contributed by atoms with E-state index in [1.54, 1.807) is 0 Å². The number of ether oxygens (including phenoxy) is 1. The first kappa shape index (κ1) is 13.4. The van der Waals surface area contributed by atoms with Gasteiger partial charge in [-0.15, -0.1) is 13.2 Å². The Kier molecular flexibility index (Phi) is 3.47. The molecule has 0 bridgehead atoms. The van der Waals surface area contributed by atoms with Crippen LogP contribution in [0.1, 0.15) is 0 Å². The second-order valence-corrected chi connectivity index (χ2v) is 3.46. The van der Waals surface area contributed by atoms with E-state index in [1.165, 1.54) is 0 Å². The van der Waals surface area contributed by atoms with E-state index in [0.717, 1.165) is 12.4 Å². The van der Waals surface area contributed by atoms with Gasteiger partial charge in [-0.05, 0) is 11.6 Å². The maximum absolute atomic E-state index is 13.4. The second kappa shape index (κ2) is 4.92. The summed E-state index contributed by atoms with van der Waals surface area (Å²) in [5.41, 5.74) is -0.373. The molecule has 0 aromatic carbocycles. The highest BCUT2D eigenvalue weighted by molar-refractivity contribution is 6.28. The second-order valence-electron chi connectivity index (χ2n) is 3.12. The van der Waals surface area contributed by atoms with Crippen LogP contribution < -0.4 is 4.74 Å². The first-order chi connectivity index (χ1) is 8.85. The van der Waals surface area contributed by atoms with Crippen molar-refractivity contribution in [2.24, 2.45) is 0 Å². The van der Waals surface area contributed by atoms with Crippen molar-refractivity contribution in [1.29, 1.82) is 0 Å². The molecule has 0 radical (unpaired) electrons. The molecule has 0 aliphatic rings. The summed E-state index contributed by atoms with van der Waals surface area (Å²) in [6.45, 7) is 0. The fourth-order valence-corrected chi connectivity index (χ4v) is 1.27. The van der Waals surface area contributed by atoms with Crippen LogP contribution in [0.5, 0.6) is 5.88 Å². The predicted octanol–water partition coefficient (Wildman–Crippen LogP) is 2.62. The van der Waals surface area contributed by atoms with E-state index >= 15 is 0 Å². The number of alkyl halides is 3. The van der Waals surface area contributed by atoms with E-state index < -0.39 is 18.1 Å². The smallest absolute Gasteiger partial charge is 0.386 e. The largest absolute Gasteiger partial charge is 0.574 e. The Morgan fingerprint density at radius 1 is 1.05 bits per heavy atom. The van der Waals surface area contributed by atoms with Gasteiger partial charge in [-0.1, -0.05) is 0 Å². The average Bonchev–Trinajstić information content (AvgIpc) is 2.31. The normalized spacial score (nSPS) is 11.4. The quantitative estimate of drug-likeness (QED) is 0.629. The fraction of sp³-hybridized carbons (Fsp3) is 0.111. The molecular weight excluding hydrogens is 292 g/mol. The first-order valence-electron chi connectivity index (χ1n) is 4.61. The van der Waals surface area contributed by atoms with Crippen LogP contribution in [0.25, 0.3) is 11.4 Å². The highest BCUT2D eigenvalue weighted by Gasteiger charge is 2.32. The van der Waals surface area contributed by atoms with E-state index in [0.29, 0.717) is 6.20 Å². The van der Waals surface area contributed by atoms with Gasteiger partial charge in [0, 0.05) is 0 Å². The van der Waals surface area contributed by atoms with Gasteiger partial charge < -0.3 is 4.74 Å². The molecule has 10 heteroatoms. The highest BCUT2D eigenvalue weighted by atomic mass is 35.5. The van der Waals surface area contributed by atoms with Gasteiger partial charge in [-0.2, -0.15) is 0 Å². The van der Waals surface area contributed by atoms with Crippen molar-refractivity contribution in [3.8, 4) is 17.3 Å². The molecule has 0 unspecified atom stereocenters. The summed E-state index contributed by atoms with van der Waals surface area (Å²) in [5, 5.41) is -0.228. The van der Waals surface area contributed by atoms with E-state index in [2.05, 4.69) is 24.7 Å². The van der Waals surface area contributed by atoms with Crippen LogP contribution >= 0.6 is 11.6 Å². The van der Waals surface area contributed by atoms with Crippen LogP contribution in [-0.4, -0.2) is 26.3 Å². The van der Waals surface area contributed by atoms with Crippen molar-refractivity contribution in [3.63, 3.8) is 0 Å². The molecule has 2 aromatic heterocycles. The van der Waals surface area contributed by atoms with E-state index in [9.17, 15) is 17.6 Å². The molecule has 0 fully saturated rings. The van der Waals surface area contributed by atoms with Gasteiger partial charge in [-0.25, -0.2) is 24.3 Å². The van der Waals surface area contributed by atoms with Gasteiger partial charge in [0.2, 0.25) is 11.2 Å². The molecule has 0 atom stereocenters. The third-order valence-corrected chi connectivity index (χ3v) is 1.99. The Bertz CT molecular complexity index is 590. The molecule has 0 saturated carbocycles. The van der Waals surface area contributed by atoms with Crippen molar-refractivity contribution in [2.75, 3.05) is 0 Å². The number of halogens is 5. The van der Waals surface area contributed by atoms with Gasteiger partial charge in [0.25, 0.3) is 0 Å². The minimum absolute atomic E-state index is 0.101. The molecule has 0 saturated heterocycles. The van der Waals surface area contributed by atoms with Crippen LogP contribution in [-0.2, 0) is 0 Å². The van der Waals surface area contributed by atoms with Crippen LogP contribution in [0.2, 0.25) is 5.28 Å². The molecule has 2 rings (SSSR count). The van der Waals surface area contributed by atoms with Crippen LogP contribution in [0, 0.1) is 5.82 Å². The number of aromatic nitrogens is 4. The summed E-state index contributed by atoms with van der Waals surface area (Å²) in [4.78, 5) is 13.8. The lowest BCUT2D eigenvalue weighted by atomic mass is 10.3. The van der Waals surface area contributed by atoms with Crippen molar-refractivity contribution in [3.05, 3.63) is 29.7 Å². The molecule has 0 spiro atoms. The summed E-state index contributed by atoms with van der Waals surface area (Å²) in [6.07, 6.45) is -2.49. The van der Waals surface area contributed by atoms with Gasteiger partial charge >= 0.3 is 6.36 Å². The Morgan fingerprint density at radius 2 is 1.79 bits per heavy atom. The molecule has 0 N–H and O–H groups in total. The summed E-state index contributed by atoms with van der Waals surface area (Å²) < 4.78 is 52.6. The predicted molar refractivity (Wildman–Crippen MR) is 54.7 cm³/mol. The molecular formula is C9H3ClF4N4O. The molecule has 0 aliphatic heterocycles. The van der Waals surface area contributed by atoms with Gasteiger partial charge in [0.1, 0.15) is 11.4 Å². The highest BCUT2D eigenvalue weighted by Crippen LogP contribution is 2.22. The zero-order valence-electron chi connectivity index (χ0n) is 8.82. The van der Waals surface area contributed by atoms with Gasteiger partial charge in [0.15, 0.2) is 5.82 Å². The molecule has 100 valence electrons. The Hall–Kier alpha value is -2.03. The molecule has 5 nitrogen and oxygen atoms in total. The molecule has 2 heterocycles. The minimum atomic E-state index is -4.88. The third kappa shape index (κ3) is 3.47. The number of nitrogens with zero attached hydrogens (tertiary/aromatic N) is 4. The molecule has 0 amide bonds. The fourth-order valence-electron chi connectivity index (χ4n) is 1.13. The summed E-state index contributed by atoms with van der Waals surface area (Å²) in [6, 6.07) is 0. The summed E-state index contributed by atoms with van der Waals surface area (Å²) >= 11 is 5.47. The molecule has 19 heavy (non-hydrogen) atoms. The van der Waals surface area contributed by atoms with E-state index in [4.69, 9.17) is 11.6 Å². The van der Waals surface area contributed by atoms with Crippen molar-refractivity contribution >= 4 is 11.6 Å². The first-order valence-corrected chi connectivity index (χ1v) is 4.99. The maximum Gasteiger partial charge on any atom is 0.574 e. The summed E-state index contributed by atoms with van der Waals surface area (Å²) in [5.74, 6) is -1.60. The topological polar surface area (TPSA) is 60.8 Å². The van der Waals surface area contributed by atoms with Gasteiger partial charge in [-0.3, -0.25) is 0 Å². The maximum atomic E-state index is 13.4. The van der Waals surface area contributed by atoms with Crippen molar-refractivity contribution < 1.29 is 22.3 Å². The third-order valence-electron chi connectivity index (χ3n) is 1.81. The Balaban J connectivity index is 2.30. The van der Waals surface area contributed by atoms with Crippen molar-refractivity contribution in [2.45, 2.75) is 6.36 Å². The summed E-state index contributed by atoms with van der Waals surface area (Å²) in [7, 11) is 0. The zero-order valence-corrected chi connectivity index (χ0v) is 9.57. The SMILES string of the molecule is Fc1cnc(Cl)nc1-c1cnc(OC(F)(F)F)cn1. The van der Waals surface area contributed by atoms with Crippen LogP contribution in [0.15, 0.2) is 18.6 Å². The van der Waals surface area contributed by atoms with Crippen molar-refractivity contribution in [1.82, 2.24) is 19.9 Å². The zero-order chi connectivity index (χ0) is 14.0. The molecule has 2 aromatic rings. The monoisotopic (exact) mass is 294 g/mol. The standard InChI is InChI=1S/C9H3ClF4N4O/c10-8-17-1-4(11)7(18-8)5-2-16-6(3-15-5)19-9(12,13)14/h1-3H. The molecule has 0 aliphatic carbocycles. The lowest BCUT2D eigenvalue weighted by Crippen LogP contribution is -2.18. The number of hydrogen-bond donors (Lipinski definition) is 0. The number of hydrogen-bond acceptors (Lipinski definition) is 5. The Labute approximate surface area is 108 Å². The average molecular weight is 295 g/mol. The minimum Gasteiger partial charge on any atom is -0.386 e. The Morgan fingerprint density at radius 3 is 2.37 bits per heavy atom. The lowest BCUT2D eigenvalue weighted by molar-refractivity contribution is -0.276. The van der Waals surface area contributed by atoms with Gasteiger partial charge in [0.05, 0.1) is 18.6 Å². The number of rotatable bonds is 2. The van der Waals surface area contributed by atoms with E-state index in [1.807, 2.05) is 0 Å². The van der Waals surface area contributed by atoms with E-state index in [-0.39, 0.29) is 16.7 Å².